The first-order valence-corrected chi connectivity index (χ1v) is 3.04. The van der Waals surface area contributed by atoms with Crippen molar-refractivity contribution in [1.29, 1.82) is 5.41 Å². The summed E-state index contributed by atoms with van der Waals surface area (Å²) < 4.78 is 0. The van der Waals surface area contributed by atoms with Gasteiger partial charge in [-0.25, -0.2) is 9.97 Å². The second-order valence-electron chi connectivity index (χ2n) is 2.15. The lowest BCUT2D eigenvalue weighted by Gasteiger charge is -1.98. The highest BCUT2D eigenvalue weighted by Gasteiger charge is 1.98. The molecular weight excluding hydrogens is 126 g/mol. The van der Waals surface area contributed by atoms with Crippen molar-refractivity contribution in [1.82, 2.24) is 9.97 Å². The van der Waals surface area contributed by atoms with Crippen LogP contribution in [0.2, 0.25) is 0 Å². The quantitative estimate of drug-likeness (QED) is 0.587. The van der Waals surface area contributed by atoms with Gasteiger partial charge >= 0.3 is 0 Å². The van der Waals surface area contributed by atoms with Crippen LogP contribution in [-0.4, -0.2) is 15.7 Å². The Morgan fingerprint density at radius 1 is 1.60 bits per heavy atom. The van der Waals surface area contributed by atoms with Crippen LogP contribution in [0.3, 0.4) is 0 Å². The Kier molecular flexibility index (Phi) is 1.76. The molecule has 0 aliphatic rings. The molecule has 0 bridgehead atoms. The zero-order valence-corrected chi connectivity index (χ0v) is 6.05. The molecule has 0 amide bonds. The van der Waals surface area contributed by atoms with E-state index in [0.29, 0.717) is 5.71 Å². The lowest BCUT2D eigenvalue weighted by molar-refractivity contribution is 1.09. The van der Waals surface area contributed by atoms with E-state index in [1.54, 1.807) is 13.1 Å². The Labute approximate surface area is 59.7 Å². The molecular formula is C7H9N3. The molecule has 0 unspecified atom stereocenters. The Balaban J connectivity index is 3.15. The molecule has 0 saturated carbocycles. The normalized spacial score (nSPS) is 9.40. The van der Waals surface area contributed by atoms with Gasteiger partial charge in [0.2, 0.25) is 0 Å². The number of nitrogens with one attached hydrogen (secondary N) is 1. The molecule has 1 rings (SSSR count). The first-order valence-electron chi connectivity index (χ1n) is 3.04. The lowest BCUT2D eigenvalue weighted by Crippen LogP contribution is -1.98. The third kappa shape index (κ3) is 1.18. The van der Waals surface area contributed by atoms with Gasteiger partial charge in [0.1, 0.15) is 6.33 Å². The fraction of sp³-hybridized carbons (Fsp3) is 0.286. The predicted molar refractivity (Wildman–Crippen MR) is 39.3 cm³/mol. The predicted octanol–water partition coefficient (Wildman–Crippen LogP) is 1.17. The number of aryl methyl sites for hydroxylation is 1. The first-order chi connectivity index (χ1) is 4.72. The SMILES string of the molecule is CC(=N)c1cncnc1C. The summed E-state index contributed by atoms with van der Waals surface area (Å²) in [5, 5.41) is 7.30. The van der Waals surface area contributed by atoms with E-state index in [9.17, 15) is 0 Å². The van der Waals surface area contributed by atoms with E-state index in [1.165, 1.54) is 6.33 Å². The molecule has 1 aromatic heterocycles. The standard InChI is InChI=1S/C7H9N3/c1-5(8)7-3-9-4-10-6(7)2/h3-4,8H,1-2H3. The van der Waals surface area contributed by atoms with Crippen molar-refractivity contribution in [3.8, 4) is 0 Å². The largest absolute Gasteiger partial charge is 0.305 e. The average molecular weight is 135 g/mol. The van der Waals surface area contributed by atoms with Crippen molar-refractivity contribution in [3.05, 3.63) is 23.8 Å². The third-order valence-electron chi connectivity index (χ3n) is 1.32. The summed E-state index contributed by atoms with van der Waals surface area (Å²) in [7, 11) is 0. The van der Waals surface area contributed by atoms with Crippen LogP contribution in [0, 0.1) is 12.3 Å². The molecule has 0 fully saturated rings. The van der Waals surface area contributed by atoms with Crippen LogP contribution in [0.25, 0.3) is 0 Å². The highest BCUT2D eigenvalue weighted by atomic mass is 14.8. The van der Waals surface area contributed by atoms with Crippen LogP contribution >= 0.6 is 0 Å². The highest BCUT2D eigenvalue weighted by molar-refractivity contribution is 5.96. The third-order valence-corrected chi connectivity index (χ3v) is 1.32. The number of aromatic nitrogens is 2. The summed E-state index contributed by atoms with van der Waals surface area (Å²) in [6.45, 7) is 3.60. The molecule has 3 heteroatoms. The van der Waals surface area contributed by atoms with E-state index < -0.39 is 0 Å². The van der Waals surface area contributed by atoms with Gasteiger partial charge in [0.15, 0.2) is 0 Å². The maximum Gasteiger partial charge on any atom is 0.115 e. The summed E-state index contributed by atoms with van der Waals surface area (Å²) in [6, 6.07) is 0. The topological polar surface area (TPSA) is 49.6 Å². The Morgan fingerprint density at radius 3 is 2.70 bits per heavy atom. The zero-order valence-electron chi connectivity index (χ0n) is 6.05. The Bertz CT molecular complexity index is 255. The van der Waals surface area contributed by atoms with Crippen LogP contribution < -0.4 is 0 Å². The van der Waals surface area contributed by atoms with E-state index in [-0.39, 0.29) is 0 Å². The number of hydrogen-bond donors (Lipinski definition) is 1. The van der Waals surface area contributed by atoms with Crippen molar-refractivity contribution < 1.29 is 0 Å². The Hall–Kier alpha value is -1.25. The van der Waals surface area contributed by atoms with Gasteiger partial charge in [-0.05, 0) is 13.8 Å². The first kappa shape index (κ1) is 6.86. The highest BCUT2D eigenvalue weighted by Crippen LogP contribution is 2.00. The molecule has 10 heavy (non-hydrogen) atoms. The van der Waals surface area contributed by atoms with Crippen molar-refractivity contribution in [2.45, 2.75) is 13.8 Å². The molecule has 1 aromatic rings. The van der Waals surface area contributed by atoms with Crippen LogP contribution in [-0.2, 0) is 0 Å². The average Bonchev–Trinajstić information content (AvgIpc) is 1.88. The van der Waals surface area contributed by atoms with E-state index in [0.717, 1.165) is 11.3 Å². The molecule has 1 N–H and O–H groups in total. The van der Waals surface area contributed by atoms with Crippen LogP contribution in [0.5, 0.6) is 0 Å². The molecule has 0 saturated heterocycles. The monoisotopic (exact) mass is 135 g/mol. The Morgan fingerprint density at radius 2 is 2.30 bits per heavy atom. The summed E-state index contributed by atoms with van der Waals surface area (Å²) in [4.78, 5) is 7.76. The summed E-state index contributed by atoms with van der Waals surface area (Å²) in [5.74, 6) is 0. The van der Waals surface area contributed by atoms with Crippen LogP contribution in [0.4, 0.5) is 0 Å². The molecule has 0 spiro atoms. The van der Waals surface area contributed by atoms with Crippen molar-refractivity contribution in [2.24, 2.45) is 0 Å². The minimum Gasteiger partial charge on any atom is -0.305 e. The number of nitrogens with zero attached hydrogens (tertiary/aromatic N) is 2. The van der Waals surface area contributed by atoms with Gasteiger partial charge in [-0.15, -0.1) is 0 Å². The molecule has 0 atom stereocenters. The van der Waals surface area contributed by atoms with Crippen molar-refractivity contribution in [3.63, 3.8) is 0 Å². The molecule has 0 aromatic carbocycles. The fourth-order valence-corrected chi connectivity index (χ4v) is 0.759. The lowest BCUT2D eigenvalue weighted by atomic mass is 10.2. The van der Waals surface area contributed by atoms with E-state index in [4.69, 9.17) is 5.41 Å². The second kappa shape index (κ2) is 2.56. The minimum absolute atomic E-state index is 0.512. The zero-order chi connectivity index (χ0) is 7.56. The summed E-state index contributed by atoms with van der Waals surface area (Å²) >= 11 is 0. The second-order valence-corrected chi connectivity index (χ2v) is 2.15. The molecule has 52 valence electrons. The molecule has 1 heterocycles. The smallest absolute Gasteiger partial charge is 0.115 e. The van der Waals surface area contributed by atoms with Gasteiger partial charge in [0, 0.05) is 23.2 Å². The summed E-state index contributed by atoms with van der Waals surface area (Å²) in [5.41, 5.74) is 2.20. The van der Waals surface area contributed by atoms with E-state index >= 15 is 0 Å². The molecule has 0 aliphatic heterocycles. The van der Waals surface area contributed by atoms with Gasteiger partial charge in [0.05, 0.1) is 0 Å². The molecule has 3 nitrogen and oxygen atoms in total. The van der Waals surface area contributed by atoms with Gasteiger partial charge in [0.25, 0.3) is 0 Å². The van der Waals surface area contributed by atoms with Gasteiger partial charge < -0.3 is 5.41 Å². The molecule has 0 aliphatic carbocycles. The minimum atomic E-state index is 0.512. The maximum absolute atomic E-state index is 7.30. The fourth-order valence-electron chi connectivity index (χ4n) is 0.759. The number of rotatable bonds is 1. The molecule has 0 radical (unpaired) electrons. The van der Waals surface area contributed by atoms with Gasteiger partial charge in [-0.1, -0.05) is 0 Å². The maximum atomic E-state index is 7.30. The van der Waals surface area contributed by atoms with Crippen LogP contribution in [0.15, 0.2) is 12.5 Å². The number of hydrogen-bond acceptors (Lipinski definition) is 3. The van der Waals surface area contributed by atoms with E-state index in [2.05, 4.69) is 9.97 Å². The van der Waals surface area contributed by atoms with Crippen molar-refractivity contribution in [2.75, 3.05) is 0 Å². The van der Waals surface area contributed by atoms with Gasteiger partial charge in [-0.3, -0.25) is 0 Å². The summed E-state index contributed by atoms with van der Waals surface area (Å²) in [6.07, 6.45) is 3.15. The van der Waals surface area contributed by atoms with Crippen LogP contribution in [0.1, 0.15) is 18.2 Å². The van der Waals surface area contributed by atoms with Crippen molar-refractivity contribution >= 4 is 5.71 Å². The van der Waals surface area contributed by atoms with E-state index in [1.807, 2.05) is 6.92 Å². The van der Waals surface area contributed by atoms with Gasteiger partial charge in [-0.2, -0.15) is 0 Å².